The van der Waals surface area contributed by atoms with Crippen molar-refractivity contribution in [3.8, 4) is 0 Å². The van der Waals surface area contributed by atoms with E-state index in [1.807, 2.05) is 23.1 Å². The number of morpholine rings is 1. The summed E-state index contributed by atoms with van der Waals surface area (Å²) in [5, 5.41) is 0. The summed E-state index contributed by atoms with van der Waals surface area (Å²) in [7, 11) is 0. The van der Waals surface area contributed by atoms with Crippen molar-refractivity contribution in [1.29, 1.82) is 0 Å². The first-order valence-corrected chi connectivity index (χ1v) is 7.94. The quantitative estimate of drug-likeness (QED) is 0.925. The van der Waals surface area contributed by atoms with Crippen LogP contribution < -0.4 is 5.73 Å². The Balaban J connectivity index is 1.79. The molecule has 1 saturated carbocycles. The molecular weight excluding hydrogens is 264 g/mol. The number of nitrogens with two attached hydrogens (primary N) is 1. The average Bonchev–Trinajstić information content (AvgIpc) is 3.03. The zero-order valence-corrected chi connectivity index (χ0v) is 12.4. The highest BCUT2D eigenvalue weighted by atomic mass is 16.5. The fourth-order valence-corrected chi connectivity index (χ4v) is 3.68. The number of amides is 1. The molecule has 1 aromatic carbocycles. The molecule has 1 unspecified atom stereocenters. The van der Waals surface area contributed by atoms with Crippen LogP contribution in [0.15, 0.2) is 30.3 Å². The minimum atomic E-state index is 0.0477. The molecule has 0 radical (unpaired) electrons. The van der Waals surface area contributed by atoms with E-state index in [9.17, 15) is 4.79 Å². The average molecular weight is 288 g/mol. The third kappa shape index (κ3) is 2.97. The molecule has 1 aliphatic heterocycles. The minimum Gasteiger partial charge on any atom is -0.377 e. The maximum atomic E-state index is 13.0. The van der Waals surface area contributed by atoms with Gasteiger partial charge in [-0.3, -0.25) is 4.79 Å². The molecular formula is C17H24N2O2. The normalized spacial score (nSPS) is 29.6. The maximum absolute atomic E-state index is 13.0. The Hall–Kier alpha value is -1.39. The van der Waals surface area contributed by atoms with Gasteiger partial charge >= 0.3 is 0 Å². The lowest BCUT2D eigenvalue weighted by Crippen LogP contribution is -2.47. The molecule has 2 fully saturated rings. The van der Waals surface area contributed by atoms with E-state index in [-0.39, 0.29) is 17.9 Å². The number of hydrogen-bond acceptors (Lipinski definition) is 3. The van der Waals surface area contributed by atoms with Gasteiger partial charge in [-0.15, -0.1) is 0 Å². The third-order valence-electron chi connectivity index (χ3n) is 4.87. The number of benzene rings is 1. The van der Waals surface area contributed by atoms with E-state index in [1.54, 1.807) is 0 Å². The minimum absolute atomic E-state index is 0.0477. The van der Waals surface area contributed by atoms with Crippen LogP contribution in [0.3, 0.4) is 0 Å². The van der Waals surface area contributed by atoms with E-state index >= 15 is 0 Å². The van der Waals surface area contributed by atoms with Gasteiger partial charge in [-0.1, -0.05) is 36.8 Å². The Labute approximate surface area is 126 Å². The summed E-state index contributed by atoms with van der Waals surface area (Å²) >= 11 is 0. The Kier molecular flexibility index (Phi) is 4.56. The van der Waals surface area contributed by atoms with Gasteiger partial charge in [-0.25, -0.2) is 0 Å². The Morgan fingerprint density at radius 1 is 1.29 bits per heavy atom. The maximum Gasteiger partial charge on any atom is 0.226 e. The number of hydrogen-bond donors (Lipinski definition) is 1. The summed E-state index contributed by atoms with van der Waals surface area (Å²) in [5.41, 5.74) is 7.00. The molecule has 1 heterocycles. The summed E-state index contributed by atoms with van der Waals surface area (Å²) in [4.78, 5) is 15.0. The smallest absolute Gasteiger partial charge is 0.226 e. The van der Waals surface area contributed by atoms with E-state index in [0.717, 1.165) is 24.8 Å². The van der Waals surface area contributed by atoms with Gasteiger partial charge in [0, 0.05) is 12.5 Å². The molecule has 21 heavy (non-hydrogen) atoms. The zero-order valence-electron chi connectivity index (χ0n) is 12.4. The number of rotatable bonds is 3. The summed E-state index contributed by atoms with van der Waals surface area (Å²) in [6.07, 6.45) is 3.20. The van der Waals surface area contributed by atoms with Gasteiger partial charge in [0.1, 0.15) is 0 Å². The fourth-order valence-electron chi connectivity index (χ4n) is 3.68. The van der Waals surface area contributed by atoms with Crippen molar-refractivity contribution in [3.05, 3.63) is 35.9 Å². The number of ether oxygens (including phenoxy) is 1. The van der Waals surface area contributed by atoms with Crippen molar-refractivity contribution < 1.29 is 9.53 Å². The topological polar surface area (TPSA) is 55.6 Å². The zero-order chi connectivity index (χ0) is 14.7. The van der Waals surface area contributed by atoms with Crippen LogP contribution in [0.1, 0.15) is 30.9 Å². The molecule has 1 aliphatic carbocycles. The first-order valence-electron chi connectivity index (χ1n) is 7.94. The third-order valence-corrected chi connectivity index (χ3v) is 4.87. The van der Waals surface area contributed by atoms with Crippen LogP contribution in [0.2, 0.25) is 0 Å². The lowest BCUT2D eigenvalue weighted by atomic mass is 9.93. The van der Waals surface area contributed by atoms with Crippen LogP contribution in [0.4, 0.5) is 0 Å². The lowest BCUT2D eigenvalue weighted by molar-refractivity contribution is -0.145. The second-order valence-electron chi connectivity index (χ2n) is 6.07. The second-order valence-corrected chi connectivity index (χ2v) is 6.07. The number of carbonyl (C=O) groups excluding carboxylic acids is 1. The van der Waals surface area contributed by atoms with Gasteiger partial charge in [0.05, 0.1) is 19.3 Å². The Morgan fingerprint density at radius 2 is 2.10 bits per heavy atom. The van der Waals surface area contributed by atoms with E-state index < -0.39 is 0 Å². The van der Waals surface area contributed by atoms with Crippen molar-refractivity contribution in [2.24, 2.45) is 17.6 Å². The molecule has 4 heteroatoms. The van der Waals surface area contributed by atoms with Crippen LogP contribution in [-0.2, 0) is 9.53 Å². The molecule has 2 N–H and O–H groups in total. The predicted molar refractivity (Wildman–Crippen MR) is 81.6 cm³/mol. The standard InChI is InChI=1S/C17H24N2O2/c18-11-14-7-4-8-15(14)17(20)19-9-10-21-12-16(19)13-5-2-1-3-6-13/h1-3,5-6,14-16H,4,7-12,18H2/t14-,15-,16?/m1/s1. The van der Waals surface area contributed by atoms with Crippen LogP contribution in [0.5, 0.6) is 0 Å². The molecule has 0 bridgehead atoms. The second kappa shape index (κ2) is 6.58. The first-order chi connectivity index (χ1) is 10.3. The molecule has 1 aromatic rings. The van der Waals surface area contributed by atoms with Gasteiger partial charge in [-0.05, 0) is 30.9 Å². The van der Waals surface area contributed by atoms with Crippen LogP contribution >= 0.6 is 0 Å². The van der Waals surface area contributed by atoms with Gasteiger partial charge in [0.15, 0.2) is 0 Å². The van der Waals surface area contributed by atoms with Gasteiger partial charge < -0.3 is 15.4 Å². The first kappa shape index (κ1) is 14.5. The molecule has 2 aliphatic rings. The van der Waals surface area contributed by atoms with E-state index in [1.165, 1.54) is 0 Å². The van der Waals surface area contributed by atoms with Gasteiger partial charge in [0.25, 0.3) is 0 Å². The molecule has 3 rings (SSSR count). The predicted octanol–water partition coefficient (Wildman–Crippen LogP) is 1.96. The summed E-state index contributed by atoms with van der Waals surface area (Å²) in [6.45, 7) is 2.54. The van der Waals surface area contributed by atoms with Gasteiger partial charge in [0.2, 0.25) is 5.91 Å². The summed E-state index contributed by atoms with van der Waals surface area (Å²) in [5.74, 6) is 0.746. The van der Waals surface area contributed by atoms with Crippen molar-refractivity contribution >= 4 is 5.91 Å². The van der Waals surface area contributed by atoms with Gasteiger partial charge in [-0.2, -0.15) is 0 Å². The molecule has 114 valence electrons. The van der Waals surface area contributed by atoms with E-state index in [0.29, 0.717) is 32.2 Å². The molecule has 4 nitrogen and oxygen atoms in total. The molecule has 1 saturated heterocycles. The van der Waals surface area contributed by atoms with E-state index in [2.05, 4.69) is 12.1 Å². The fraction of sp³-hybridized carbons (Fsp3) is 0.588. The Morgan fingerprint density at radius 3 is 2.86 bits per heavy atom. The largest absolute Gasteiger partial charge is 0.377 e. The Bertz CT molecular complexity index is 477. The SMILES string of the molecule is NC[C@H]1CCC[C@H]1C(=O)N1CCOCC1c1ccccc1. The number of nitrogens with zero attached hydrogens (tertiary/aromatic N) is 1. The van der Waals surface area contributed by atoms with Crippen molar-refractivity contribution in [2.45, 2.75) is 25.3 Å². The molecule has 3 atom stereocenters. The van der Waals surface area contributed by atoms with Crippen molar-refractivity contribution in [2.75, 3.05) is 26.3 Å². The molecule has 1 amide bonds. The molecule has 0 spiro atoms. The van der Waals surface area contributed by atoms with E-state index in [4.69, 9.17) is 10.5 Å². The highest BCUT2D eigenvalue weighted by Gasteiger charge is 2.38. The van der Waals surface area contributed by atoms with Crippen LogP contribution in [0, 0.1) is 11.8 Å². The monoisotopic (exact) mass is 288 g/mol. The highest BCUT2D eigenvalue weighted by Crippen LogP contribution is 2.35. The summed E-state index contributed by atoms with van der Waals surface area (Å²) < 4.78 is 5.61. The van der Waals surface area contributed by atoms with Crippen LogP contribution in [-0.4, -0.2) is 37.1 Å². The highest BCUT2D eigenvalue weighted by molar-refractivity contribution is 5.80. The molecule has 0 aromatic heterocycles. The lowest BCUT2D eigenvalue weighted by Gasteiger charge is -2.38. The van der Waals surface area contributed by atoms with Crippen LogP contribution in [0.25, 0.3) is 0 Å². The van der Waals surface area contributed by atoms with Crippen molar-refractivity contribution in [3.63, 3.8) is 0 Å². The number of carbonyl (C=O) groups is 1. The summed E-state index contributed by atoms with van der Waals surface area (Å²) in [6, 6.07) is 10.2. The van der Waals surface area contributed by atoms with Crippen molar-refractivity contribution in [1.82, 2.24) is 4.90 Å².